The van der Waals surface area contributed by atoms with Crippen molar-refractivity contribution in [3.63, 3.8) is 0 Å². The molecule has 1 heterocycles. The maximum Gasteiger partial charge on any atom is 0.325 e. The van der Waals surface area contributed by atoms with Gasteiger partial charge in [-0.25, -0.2) is 0 Å². The lowest BCUT2D eigenvalue weighted by Crippen LogP contribution is -2.32. The highest BCUT2D eigenvalue weighted by Gasteiger charge is 2.20. The van der Waals surface area contributed by atoms with Crippen molar-refractivity contribution in [3.8, 4) is 0 Å². The monoisotopic (exact) mass is 370 g/mol. The highest BCUT2D eigenvalue weighted by Crippen LogP contribution is 2.18. The number of aromatic nitrogens is 1. The maximum absolute atomic E-state index is 12.2. The van der Waals surface area contributed by atoms with Crippen LogP contribution in [-0.4, -0.2) is 41.6 Å². The number of carbonyl (C=O) groups is 4. The third kappa shape index (κ3) is 5.37. The number of benzene rings is 1. The van der Waals surface area contributed by atoms with E-state index in [2.05, 4.69) is 10.3 Å². The Balaban J connectivity index is 1.82. The second-order valence-electron chi connectivity index (χ2n) is 6.20. The Morgan fingerprint density at radius 1 is 1.07 bits per heavy atom. The van der Waals surface area contributed by atoms with Gasteiger partial charge in [-0.05, 0) is 31.9 Å². The van der Waals surface area contributed by atoms with Crippen molar-refractivity contribution in [2.45, 2.75) is 27.2 Å². The van der Waals surface area contributed by atoms with E-state index in [0.29, 0.717) is 16.8 Å². The Kier molecular flexibility index (Phi) is 6.65. The number of hydrogen-bond donors (Lipinski definition) is 2. The van der Waals surface area contributed by atoms with E-state index in [9.17, 15) is 19.2 Å². The largest absolute Gasteiger partial charge is 0.456 e. The van der Waals surface area contributed by atoms with Crippen LogP contribution in [0.15, 0.2) is 30.3 Å². The third-order valence-corrected chi connectivity index (χ3v) is 4.07. The first-order chi connectivity index (χ1) is 12.8. The van der Waals surface area contributed by atoms with Gasteiger partial charge in [0, 0.05) is 11.3 Å². The van der Waals surface area contributed by atoms with Gasteiger partial charge in [0.1, 0.15) is 6.54 Å². The van der Waals surface area contributed by atoms with E-state index in [1.165, 1.54) is 6.92 Å². The topological polar surface area (TPSA) is 105 Å². The number of Topliss-reactive ketones (excluding diaryl/α,β-unsaturated/α-hetero) is 2. The van der Waals surface area contributed by atoms with Crippen molar-refractivity contribution in [1.82, 2.24) is 10.3 Å². The van der Waals surface area contributed by atoms with Gasteiger partial charge in [-0.3, -0.25) is 19.2 Å². The Morgan fingerprint density at radius 2 is 1.74 bits per heavy atom. The normalized spacial score (nSPS) is 10.3. The number of ketones is 2. The number of hydrogen-bond acceptors (Lipinski definition) is 5. The van der Waals surface area contributed by atoms with Gasteiger partial charge in [0.25, 0.3) is 0 Å². The van der Waals surface area contributed by atoms with Crippen LogP contribution in [0.5, 0.6) is 0 Å². The number of aromatic amines is 1. The van der Waals surface area contributed by atoms with Crippen LogP contribution in [0, 0.1) is 13.8 Å². The molecule has 2 N–H and O–H groups in total. The van der Waals surface area contributed by atoms with Crippen LogP contribution in [0.25, 0.3) is 0 Å². The number of amides is 1. The van der Waals surface area contributed by atoms with Gasteiger partial charge in [0.2, 0.25) is 11.7 Å². The fourth-order valence-electron chi connectivity index (χ4n) is 2.84. The molecule has 1 aromatic heterocycles. The van der Waals surface area contributed by atoms with E-state index in [4.69, 9.17) is 4.74 Å². The van der Waals surface area contributed by atoms with E-state index in [-0.39, 0.29) is 30.3 Å². The van der Waals surface area contributed by atoms with Crippen molar-refractivity contribution in [2.24, 2.45) is 0 Å². The summed E-state index contributed by atoms with van der Waals surface area (Å²) >= 11 is 0. The molecule has 0 fully saturated rings. The molecule has 0 aliphatic carbocycles. The van der Waals surface area contributed by atoms with Crippen molar-refractivity contribution < 1.29 is 23.9 Å². The molecule has 0 bridgehead atoms. The first-order valence-electron chi connectivity index (χ1n) is 8.49. The summed E-state index contributed by atoms with van der Waals surface area (Å²) in [5.74, 6) is -1.60. The van der Waals surface area contributed by atoms with Gasteiger partial charge in [0.05, 0.1) is 12.1 Å². The van der Waals surface area contributed by atoms with Gasteiger partial charge in [-0.1, -0.05) is 30.3 Å². The zero-order chi connectivity index (χ0) is 20.0. The van der Waals surface area contributed by atoms with Crippen molar-refractivity contribution in [1.29, 1.82) is 0 Å². The molecule has 1 aromatic carbocycles. The van der Waals surface area contributed by atoms with Gasteiger partial charge in [0.15, 0.2) is 12.4 Å². The number of aryl methyl sites for hydroxylation is 1. The van der Waals surface area contributed by atoms with Crippen LogP contribution in [0.1, 0.15) is 44.6 Å². The summed E-state index contributed by atoms with van der Waals surface area (Å²) in [7, 11) is 0. The molecule has 142 valence electrons. The lowest BCUT2D eigenvalue weighted by Gasteiger charge is -2.06. The number of rotatable bonds is 8. The summed E-state index contributed by atoms with van der Waals surface area (Å²) in [6.07, 6.45) is 0.155. The molecule has 0 saturated heterocycles. The fourth-order valence-corrected chi connectivity index (χ4v) is 2.84. The summed E-state index contributed by atoms with van der Waals surface area (Å²) < 4.78 is 4.92. The summed E-state index contributed by atoms with van der Waals surface area (Å²) in [5, 5.41) is 2.46. The summed E-state index contributed by atoms with van der Waals surface area (Å²) in [6, 6.07) is 9.12. The molecule has 0 unspecified atom stereocenters. The van der Waals surface area contributed by atoms with Crippen LogP contribution >= 0.6 is 0 Å². The van der Waals surface area contributed by atoms with Crippen molar-refractivity contribution >= 4 is 23.4 Å². The summed E-state index contributed by atoms with van der Waals surface area (Å²) in [5.41, 5.74) is 2.69. The van der Waals surface area contributed by atoms with Crippen LogP contribution in [0.4, 0.5) is 0 Å². The van der Waals surface area contributed by atoms with E-state index < -0.39 is 18.4 Å². The van der Waals surface area contributed by atoms with Crippen LogP contribution in [0.3, 0.4) is 0 Å². The van der Waals surface area contributed by atoms with E-state index in [1.807, 2.05) is 30.3 Å². The predicted octanol–water partition coefficient (Wildman–Crippen LogP) is 1.92. The average Bonchev–Trinajstić information content (AvgIpc) is 2.93. The zero-order valence-corrected chi connectivity index (χ0v) is 15.5. The molecule has 0 spiro atoms. The molecule has 0 radical (unpaired) electrons. The van der Waals surface area contributed by atoms with Crippen molar-refractivity contribution in [3.05, 3.63) is 58.4 Å². The molecule has 7 heteroatoms. The zero-order valence-electron chi connectivity index (χ0n) is 15.5. The van der Waals surface area contributed by atoms with Crippen LogP contribution in [-0.2, 0) is 20.7 Å². The quantitative estimate of drug-likeness (QED) is 0.545. The summed E-state index contributed by atoms with van der Waals surface area (Å²) in [4.78, 5) is 50.3. The number of nitrogens with one attached hydrogen (secondary N) is 2. The third-order valence-electron chi connectivity index (χ3n) is 4.07. The number of carbonyl (C=O) groups excluding carboxylic acids is 4. The highest BCUT2D eigenvalue weighted by molar-refractivity contribution is 6.04. The Bertz CT molecular complexity index is 868. The molecule has 2 aromatic rings. The molecule has 0 aliphatic rings. The second kappa shape index (κ2) is 8.93. The lowest BCUT2D eigenvalue weighted by molar-refractivity contribution is -0.142. The van der Waals surface area contributed by atoms with Gasteiger partial charge in [-0.15, -0.1) is 0 Å². The first kappa shape index (κ1) is 20.1. The lowest BCUT2D eigenvalue weighted by atomic mass is 10.1. The van der Waals surface area contributed by atoms with E-state index in [0.717, 1.165) is 5.56 Å². The molecular formula is C20H22N2O5. The van der Waals surface area contributed by atoms with Crippen LogP contribution < -0.4 is 5.32 Å². The molecule has 0 saturated carbocycles. The van der Waals surface area contributed by atoms with Gasteiger partial charge < -0.3 is 15.0 Å². The smallest absolute Gasteiger partial charge is 0.325 e. The Morgan fingerprint density at radius 3 is 2.33 bits per heavy atom. The van der Waals surface area contributed by atoms with E-state index >= 15 is 0 Å². The van der Waals surface area contributed by atoms with Crippen molar-refractivity contribution in [2.75, 3.05) is 13.2 Å². The standard InChI is InChI=1S/C20H22N2O5/c1-12-19(14(3)23)13(2)22-20(12)16(24)11-27-18(26)10-21-17(25)9-15-7-5-4-6-8-15/h4-8,22H,9-11H2,1-3H3,(H,21,25). The number of esters is 1. The Labute approximate surface area is 157 Å². The first-order valence-corrected chi connectivity index (χ1v) is 8.49. The molecule has 2 rings (SSSR count). The minimum Gasteiger partial charge on any atom is -0.456 e. The van der Waals surface area contributed by atoms with Crippen LogP contribution in [0.2, 0.25) is 0 Å². The fraction of sp³-hybridized carbons (Fsp3) is 0.300. The second-order valence-corrected chi connectivity index (χ2v) is 6.20. The molecule has 0 aliphatic heterocycles. The highest BCUT2D eigenvalue weighted by atomic mass is 16.5. The minimum atomic E-state index is -0.711. The summed E-state index contributed by atoms with van der Waals surface area (Å²) in [6.45, 7) is 4.01. The van der Waals surface area contributed by atoms with Gasteiger partial charge >= 0.3 is 5.97 Å². The SMILES string of the molecule is CC(=O)c1c(C)[nH]c(C(=O)COC(=O)CNC(=O)Cc2ccccc2)c1C. The predicted molar refractivity (Wildman–Crippen MR) is 98.7 cm³/mol. The molecule has 0 atom stereocenters. The molecule has 1 amide bonds. The van der Waals surface area contributed by atoms with E-state index in [1.54, 1.807) is 13.8 Å². The minimum absolute atomic E-state index is 0.140. The molecular weight excluding hydrogens is 348 g/mol. The Hall–Kier alpha value is -3.22. The average molecular weight is 370 g/mol. The number of H-pyrrole nitrogens is 1. The number of ether oxygens (including phenoxy) is 1. The van der Waals surface area contributed by atoms with Gasteiger partial charge in [-0.2, -0.15) is 0 Å². The maximum atomic E-state index is 12.2. The molecule has 27 heavy (non-hydrogen) atoms. The molecule has 7 nitrogen and oxygen atoms in total.